The number of thiophene rings is 1. The van der Waals surface area contributed by atoms with Gasteiger partial charge in [-0.25, -0.2) is 0 Å². The van der Waals surface area contributed by atoms with Gasteiger partial charge in [0.2, 0.25) is 0 Å². The van der Waals surface area contributed by atoms with Crippen molar-refractivity contribution < 1.29 is 9.69 Å². The van der Waals surface area contributed by atoms with Crippen molar-refractivity contribution in [2.24, 2.45) is 5.92 Å². The number of benzene rings is 2. The van der Waals surface area contributed by atoms with Crippen molar-refractivity contribution in [2.75, 3.05) is 18.4 Å². The third kappa shape index (κ3) is 5.28. The van der Waals surface area contributed by atoms with Gasteiger partial charge < -0.3 is 10.2 Å². The van der Waals surface area contributed by atoms with Crippen LogP contribution in [0.15, 0.2) is 65.1 Å². The number of nitrogens with one attached hydrogen (secondary N) is 2. The molecule has 1 aliphatic rings. The summed E-state index contributed by atoms with van der Waals surface area (Å²) >= 11 is 5.30. The van der Waals surface area contributed by atoms with Crippen LogP contribution >= 0.6 is 27.3 Å². The lowest BCUT2D eigenvalue weighted by Crippen LogP contribution is -3.13. The van der Waals surface area contributed by atoms with Gasteiger partial charge in [-0.1, -0.05) is 60.1 Å². The highest BCUT2D eigenvalue weighted by Gasteiger charge is 2.33. The number of halogens is 1. The van der Waals surface area contributed by atoms with Gasteiger partial charge in [-0.3, -0.25) is 4.79 Å². The van der Waals surface area contributed by atoms with Crippen LogP contribution in [-0.4, -0.2) is 19.0 Å². The minimum absolute atomic E-state index is 0.0387. The first-order valence-corrected chi connectivity index (χ1v) is 12.7. The second kappa shape index (κ2) is 10.1. The molecule has 3 aromatic rings. The maximum atomic E-state index is 13.0. The second-order valence-electron chi connectivity index (χ2n) is 8.50. The third-order valence-corrected chi connectivity index (χ3v) is 8.00. The van der Waals surface area contributed by atoms with Crippen LogP contribution in [0.25, 0.3) is 0 Å². The zero-order valence-electron chi connectivity index (χ0n) is 18.2. The largest absolute Gasteiger partial charge is 0.325 e. The molecular weight excluding hydrogens is 468 g/mol. The molecule has 1 amide bonds. The molecule has 0 spiro atoms. The van der Waals surface area contributed by atoms with Gasteiger partial charge in [-0.05, 0) is 55.5 Å². The quantitative estimate of drug-likeness (QED) is 0.447. The molecule has 0 saturated carbocycles. The van der Waals surface area contributed by atoms with Crippen LogP contribution in [0.4, 0.5) is 5.00 Å². The summed E-state index contributed by atoms with van der Waals surface area (Å²) in [4.78, 5) is 15.9. The van der Waals surface area contributed by atoms with Crippen molar-refractivity contribution in [1.82, 2.24) is 0 Å². The molecule has 1 aliphatic heterocycles. The van der Waals surface area contributed by atoms with Gasteiger partial charge in [0.25, 0.3) is 5.91 Å². The summed E-state index contributed by atoms with van der Waals surface area (Å²) in [5.74, 6) is 0.753. The number of carbonyl (C=O) groups excluding carboxylic acids is 1. The molecule has 0 radical (unpaired) electrons. The molecule has 0 aliphatic carbocycles. The SMILES string of the molecule is CCc1cc([C@@H](c2ccc(Br)cc2)[NH+]2CCC(C)CC2)c(NC(=O)c2ccccc2)s1. The Hall–Kier alpha value is -1.95. The van der Waals surface area contributed by atoms with Crippen LogP contribution in [0, 0.1) is 5.92 Å². The predicted molar refractivity (Wildman–Crippen MR) is 133 cm³/mol. The molecule has 2 N–H and O–H groups in total. The third-order valence-electron chi connectivity index (χ3n) is 6.26. The van der Waals surface area contributed by atoms with Gasteiger partial charge in [0.15, 0.2) is 0 Å². The molecule has 1 fully saturated rings. The Balaban J connectivity index is 1.72. The minimum Gasteiger partial charge on any atom is -0.325 e. The van der Waals surface area contributed by atoms with Gasteiger partial charge in [-0.2, -0.15) is 0 Å². The van der Waals surface area contributed by atoms with Crippen molar-refractivity contribution in [1.29, 1.82) is 0 Å². The predicted octanol–water partition coefficient (Wildman–Crippen LogP) is 5.73. The van der Waals surface area contributed by atoms with Crippen LogP contribution in [0.2, 0.25) is 0 Å². The number of hydrogen-bond acceptors (Lipinski definition) is 2. The van der Waals surface area contributed by atoms with E-state index in [-0.39, 0.29) is 11.9 Å². The second-order valence-corrected chi connectivity index (χ2v) is 10.5. The highest BCUT2D eigenvalue weighted by atomic mass is 79.9. The molecule has 2 heterocycles. The first-order valence-electron chi connectivity index (χ1n) is 11.1. The average Bonchev–Trinajstić information content (AvgIpc) is 3.19. The van der Waals surface area contributed by atoms with E-state index < -0.39 is 0 Å². The monoisotopic (exact) mass is 497 g/mol. The summed E-state index contributed by atoms with van der Waals surface area (Å²) < 4.78 is 1.09. The molecule has 0 bridgehead atoms. The number of aryl methyl sites for hydroxylation is 1. The summed E-state index contributed by atoms with van der Waals surface area (Å²) in [6.07, 6.45) is 3.47. The molecule has 1 saturated heterocycles. The topological polar surface area (TPSA) is 33.5 Å². The van der Waals surface area contributed by atoms with E-state index in [0.717, 1.165) is 34.9 Å². The van der Waals surface area contributed by atoms with Gasteiger partial charge in [-0.15, -0.1) is 11.3 Å². The molecular formula is C26H30BrN2OS+. The fourth-order valence-corrected chi connectivity index (χ4v) is 5.72. The molecule has 31 heavy (non-hydrogen) atoms. The van der Waals surface area contributed by atoms with E-state index in [2.05, 4.69) is 65.4 Å². The number of anilines is 1. The highest BCUT2D eigenvalue weighted by molar-refractivity contribution is 9.10. The molecule has 3 nitrogen and oxygen atoms in total. The molecule has 2 aromatic carbocycles. The lowest BCUT2D eigenvalue weighted by Gasteiger charge is -2.34. The summed E-state index contributed by atoms with van der Waals surface area (Å²) in [5, 5.41) is 4.24. The van der Waals surface area contributed by atoms with E-state index in [1.165, 1.54) is 28.8 Å². The first kappa shape index (κ1) is 22.3. The van der Waals surface area contributed by atoms with Crippen molar-refractivity contribution >= 4 is 38.2 Å². The zero-order chi connectivity index (χ0) is 21.8. The fourth-order valence-electron chi connectivity index (χ4n) is 4.42. The van der Waals surface area contributed by atoms with Crippen molar-refractivity contribution in [2.45, 2.75) is 39.2 Å². The van der Waals surface area contributed by atoms with E-state index in [1.54, 1.807) is 16.2 Å². The Morgan fingerprint density at radius 2 is 1.81 bits per heavy atom. The van der Waals surface area contributed by atoms with Crippen LogP contribution in [-0.2, 0) is 6.42 Å². The number of quaternary nitrogens is 1. The maximum Gasteiger partial charge on any atom is 0.256 e. The van der Waals surface area contributed by atoms with E-state index in [4.69, 9.17) is 0 Å². The Labute approximate surface area is 197 Å². The van der Waals surface area contributed by atoms with E-state index in [1.807, 2.05) is 30.3 Å². The van der Waals surface area contributed by atoms with Gasteiger partial charge >= 0.3 is 0 Å². The van der Waals surface area contributed by atoms with Crippen LogP contribution < -0.4 is 10.2 Å². The summed E-state index contributed by atoms with van der Waals surface area (Å²) in [6, 6.07) is 20.8. The maximum absolute atomic E-state index is 13.0. The number of carbonyl (C=O) groups is 1. The molecule has 1 atom stereocenters. The Morgan fingerprint density at radius 3 is 2.45 bits per heavy atom. The summed E-state index contributed by atoms with van der Waals surface area (Å²) in [6.45, 7) is 6.86. The fraction of sp³-hybridized carbons (Fsp3) is 0.346. The minimum atomic E-state index is -0.0387. The number of amides is 1. The normalized spacial score (nSPS) is 19.7. The molecule has 162 valence electrons. The highest BCUT2D eigenvalue weighted by Crippen LogP contribution is 2.36. The Bertz CT molecular complexity index is 1010. The van der Waals surface area contributed by atoms with E-state index in [9.17, 15) is 4.79 Å². The molecule has 4 rings (SSSR count). The van der Waals surface area contributed by atoms with Crippen LogP contribution in [0.3, 0.4) is 0 Å². The Morgan fingerprint density at radius 1 is 1.13 bits per heavy atom. The first-order chi connectivity index (χ1) is 15.0. The Kier molecular flexibility index (Phi) is 7.26. The van der Waals surface area contributed by atoms with Gasteiger partial charge in [0, 0.05) is 26.0 Å². The number of rotatable bonds is 6. The zero-order valence-corrected chi connectivity index (χ0v) is 20.6. The number of piperidine rings is 1. The molecule has 1 aromatic heterocycles. The van der Waals surface area contributed by atoms with Crippen LogP contribution in [0.5, 0.6) is 0 Å². The standard InChI is InChI=1S/C26H29BrN2OS/c1-3-22-17-23(26(31-22)28-25(30)20-7-5-4-6-8-20)24(19-9-11-21(27)12-10-19)29-15-13-18(2)14-16-29/h4-12,17-18,24H,3,13-16H2,1-2H3,(H,28,30)/p+1/t24-/m1/s1. The van der Waals surface area contributed by atoms with Crippen molar-refractivity contribution in [3.05, 3.63) is 86.7 Å². The van der Waals surface area contributed by atoms with E-state index >= 15 is 0 Å². The lowest BCUT2D eigenvalue weighted by molar-refractivity contribution is -0.931. The lowest BCUT2D eigenvalue weighted by atomic mass is 9.92. The van der Waals surface area contributed by atoms with Gasteiger partial charge in [0.1, 0.15) is 11.0 Å². The van der Waals surface area contributed by atoms with Crippen LogP contribution in [0.1, 0.15) is 59.1 Å². The van der Waals surface area contributed by atoms with Crippen molar-refractivity contribution in [3.63, 3.8) is 0 Å². The molecule has 0 unspecified atom stereocenters. The molecule has 5 heteroatoms. The summed E-state index contributed by atoms with van der Waals surface area (Å²) in [5.41, 5.74) is 3.25. The van der Waals surface area contributed by atoms with Gasteiger partial charge in [0.05, 0.1) is 13.1 Å². The smallest absolute Gasteiger partial charge is 0.256 e. The summed E-state index contributed by atoms with van der Waals surface area (Å²) in [7, 11) is 0. The van der Waals surface area contributed by atoms with E-state index in [0.29, 0.717) is 5.56 Å². The number of likely N-dealkylation sites (tertiary alicyclic amines) is 1. The average molecular weight is 499 g/mol. The number of hydrogen-bond donors (Lipinski definition) is 2. The van der Waals surface area contributed by atoms with Crippen molar-refractivity contribution in [3.8, 4) is 0 Å².